The highest BCUT2D eigenvalue weighted by Gasteiger charge is 2.22. The maximum absolute atomic E-state index is 13.1. The fraction of sp³-hybridized carbons (Fsp3) is 0.405. The summed E-state index contributed by atoms with van der Waals surface area (Å²) in [6, 6.07) is 31.1. The van der Waals surface area contributed by atoms with Crippen molar-refractivity contribution < 1.29 is 14.6 Å². The Balaban J connectivity index is 1.03. The molecule has 1 atom stereocenters. The second-order valence-electron chi connectivity index (χ2n) is 11.9. The molecule has 2 N–H and O–H groups in total. The van der Waals surface area contributed by atoms with Crippen molar-refractivity contribution in [2.24, 2.45) is 0 Å². The van der Waals surface area contributed by atoms with Crippen molar-refractivity contribution in [3.05, 3.63) is 108 Å². The molecule has 1 amide bonds. The maximum Gasteiger partial charge on any atom is 0.234 e. The average molecular weight is 595 g/mol. The zero-order valence-corrected chi connectivity index (χ0v) is 25.7. The van der Waals surface area contributed by atoms with Crippen LogP contribution in [0.15, 0.2) is 97.2 Å². The number of aliphatic hydroxyl groups excluding tert-OH is 1. The first-order valence-corrected chi connectivity index (χ1v) is 16.1. The normalized spacial score (nSPS) is 15.0. The van der Waals surface area contributed by atoms with Gasteiger partial charge in [0.1, 0.15) is 18.5 Å². The lowest BCUT2D eigenvalue weighted by Gasteiger charge is -2.35. The topological polar surface area (TPSA) is 77.9 Å². The third-order valence-corrected chi connectivity index (χ3v) is 8.43. The summed E-state index contributed by atoms with van der Waals surface area (Å²) in [4.78, 5) is 22.0. The first-order valence-electron chi connectivity index (χ1n) is 16.1. The fourth-order valence-electron chi connectivity index (χ4n) is 6.02. The van der Waals surface area contributed by atoms with Gasteiger partial charge in [-0.3, -0.25) is 19.6 Å². The summed E-state index contributed by atoms with van der Waals surface area (Å²) in [7, 11) is 0. The van der Waals surface area contributed by atoms with Crippen LogP contribution in [0.3, 0.4) is 0 Å². The molecule has 4 aromatic rings. The number of para-hydroxylation sites is 1. The lowest BCUT2D eigenvalue weighted by molar-refractivity contribution is -0.123. The summed E-state index contributed by atoms with van der Waals surface area (Å²) in [5.74, 6) is 0.852. The lowest BCUT2D eigenvalue weighted by atomic mass is 9.99. The average Bonchev–Trinajstić information content (AvgIpc) is 3.05. The van der Waals surface area contributed by atoms with Gasteiger partial charge in [0.25, 0.3) is 0 Å². The molecular weight excluding hydrogens is 548 g/mol. The molecule has 0 radical (unpaired) electrons. The number of ether oxygens (including phenoxy) is 1. The number of carbonyl (C=O) groups is 1. The minimum Gasteiger partial charge on any atom is -0.490 e. The van der Waals surface area contributed by atoms with E-state index in [1.165, 1.54) is 11.1 Å². The van der Waals surface area contributed by atoms with Gasteiger partial charge in [0.05, 0.1) is 12.1 Å². The molecule has 5 rings (SSSR count). The van der Waals surface area contributed by atoms with Crippen LogP contribution in [0.4, 0.5) is 0 Å². The summed E-state index contributed by atoms with van der Waals surface area (Å²) >= 11 is 0. The van der Waals surface area contributed by atoms with Crippen molar-refractivity contribution in [1.29, 1.82) is 0 Å². The predicted octanol–water partition coefficient (Wildman–Crippen LogP) is 5.12. The van der Waals surface area contributed by atoms with Crippen LogP contribution in [0.5, 0.6) is 5.75 Å². The standard InChI is InChI=1S/C37H46N4O3/c42-33(29-44-36-21-22-38-35-20-8-7-19-34(35)36)27-40-23-25-41(26-24-40)28-37(43)39-32(17-9-15-30-11-3-1-4-12-30)18-10-16-31-13-5-2-6-14-31/h1-8,11-14,19-22,32-33,42H,9-10,15-18,23-29H2,(H,39,43). The zero-order valence-electron chi connectivity index (χ0n) is 25.7. The Labute approximate surface area is 261 Å². The van der Waals surface area contributed by atoms with E-state index in [-0.39, 0.29) is 18.6 Å². The molecule has 1 unspecified atom stereocenters. The Morgan fingerprint density at radius 3 is 2.05 bits per heavy atom. The zero-order chi connectivity index (χ0) is 30.4. The van der Waals surface area contributed by atoms with E-state index in [1.54, 1.807) is 6.20 Å². The number of aliphatic hydroxyl groups is 1. The summed E-state index contributed by atoms with van der Waals surface area (Å²) < 4.78 is 5.96. The number of nitrogens with one attached hydrogen (secondary N) is 1. The number of carbonyl (C=O) groups excluding carboxylic acids is 1. The molecule has 0 aliphatic carbocycles. The van der Waals surface area contributed by atoms with Gasteiger partial charge in [-0.25, -0.2) is 0 Å². The number of rotatable bonds is 16. The van der Waals surface area contributed by atoms with E-state index in [9.17, 15) is 9.90 Å². The van der Waals surface area contributed by atoms with Gasteiger partial charge in [0.2, 0.25) is 5.91 Å². The molecule has 0 spiro atoms. The Hall–Kier alpha value is -3.78. The molecular formula is C37H46N4O3. The van der Waals surface area contributed by atoms with Crippen LogP contribution in [0, 0.1) is 0 Å². The number of nitrogens with zero attached hydrogens (tertiary/aromatic N) is 3. The summed E-state index contributed by atoms with van der Waals surface area (Å²) in [5.41, 5.74) is 3.58. The lowest BCUT2D eigenvalue weighted by Crippen LogP contribution is -2.52. The van der Waals surface area contributed by atoms with E-state index in [0.29, 0.717) is 13.1 Å². The van der Waals surface area contributed by atoms with Crippen molar-refractivity contribution >= 4 is 16.8 Å². The van der Waals surface area contributed by atoms with Crippen molar-refractivity contribution in [2.45, 2.75) is 50.7 Å². The number of hydrogen-bond acceptors (Lipinski definition) is 6. The summed E-state index contributed by atoms with van der Waals surface area (Å²) in [6.07, 6.45) is 7.29. The van der Waals surface area contributed by atoms with Crippen LogP contribution >= 0.6 is 0 Å². The number of amides is 1. The smallest absolute Gasteiger partial charge is 0.234 e. The number of hydrogen-bond donors (Lipinski definition) is 2. The molecule has 1 aromatic heterocycles. The van der Waals surface area contributed by atoms with Gasteiger partial charge in [0, 0.05) is 50.3 Å². The van der Waals surface area contributed by atoms with Gasteiger partial charge in [-0.2, -0.15) is 0 Å². The quantitative estimate of drug-likeness (QED) is 0.188. The Morgan fingerprint density at radius 2 is 1.39 bits per heavy atom. The molecule has 1 saturated heterocycles. The van der Waals surface area contributed by atoms with Crippen molar-refractivity contribution in [3.8, 4) is 5.75 Å². The Bertz CT molecular complexity index is 1360. The van der Waals surface area contributed by atoms with Crippen LogP contribution in [0.2, 0.25) is 0 Å². The number of aryl methyl sites for hydroxylation is 2. The van der Waals surface area contributed by atoms with Gasteiger partial charge >= 0.3 is 0 Å². The van der Waals surface area contributed by atoms with Crippen molar-refractivity contribution in [2.75, 3.05) is 45.9 Å². The first kappa shape index (κ1) is 31.6. The number of aromatic nitrogens is 1. The highest BCUT2D eigenvalue weighted by atomic mass is 16.5. The molecule has 1 aliphatic rings. The van der Waals surface area contributed by atoms with Crippen molar-refractivity contribution in [3.63, 3.8) is 0 Å². The van der Waals surface area contributed by atoms with Crippen molar-refractivity contribution in [1.82, 2.24) is 20.1 Å². The van der Waals surface area contributed by atoms with E-state index in [2.05, 4.69) is 80.8 Å². The van der Waals surface area contributed by atoms with Gasteiger partial charge in [-0.05, 0) is 67.9 Å². The minimum absolute atomic E-state index is 0.112. The number of β-amino-alcohol motifs (C(OH)–C–C–N with tert-alkyl or cyclic N) is 1. The van der Waals surface area contributed by atoms with Gasteiger partial charge in [-0.1, -0.05) is 72.8 Å². The predicted molar refractivity (Wildman–Crippen MR) is 177 cm³/mol. The largest absolute Gasteiger partial charge is 0.490 e. The molecule has 1 aliphatic heterocycles. The van der Waals surface area contributed by atoms with Crippen LogP contribution < -0.4 is 10.1 Å². The van der Waals surface area contributed by atoms with Crippen LogP contribution in [0.25, 0.3) is 10.9 Å². The van der Waals surface area contributed by atoms with Crippen LogP contribution in [-0.4, -0.2) is 83.8 Å². The van der Waals surface area contributed by atoms with Crippen LogP contribution in [0.1, 0.15) is 36.8 Å². The monoisotopic (exact) mass is 594 g/mol. The molecule has 232 valence electrons. The number of piperazine rings is 1. The summed E-state index contributed by atoms with van der Waals surface area (Å²) in [6.45, 7) is 4.45. The minimum atomic E-state index is -0.593. The molecule has 2 heterocycles. The molecule has 0 bridgehead atoms. The fourth-order valence-corrected chi connectivity index (χ4v) is 6.02. The SMILES string of the molecule is O=C(CN1CCN(CC(O)COc2ccnc3ccccc23)CC1)NC(CCCc1ccccc1)CCCc1ccccc1. The van der Waals surface area contributed by atoms with Gasteiger partial charge in [-0.15, -0.1) is 0 Å². The number of fused-ring (bicyclic) bond motifs is 1. The molecule has 44 heavy (non-hydrogen) atoms. The Morgan fingerprint density at radius 1 is 0.795 bits per heavy atom. The molecule has 0 saturated carbocycles. The van der Waals surface area contributed by atoms with Gasteiger partial charge in [0.15, 0.2) is 0 Å². The summed E-state index contributed by atoms with van der Waals surface area (Å²) in [5, 5.41) is 15.0. The first-order chi connectivity index (χ1) is 21.6. The van der Waals surface area contributed by atoms with E-state index in [0.717, 1.165) is 81.4 Å². The van der Waals surface area contributed by atoms with Crippen LogP contribution in [-0.2, 0) is 17.6 Å². The molecule has 1 fully saturated rings. The highest BCUT2D eigenvalue weighted by Crippen LogP contribution is 2.23. The van der Waals surface area contributed by atoms with E-state index in [4.69, 9.17) is 4.74 Å². The van der Waals surface area contributed by atoms with E-state index < -0.39 is 6.10 Å². The highest BCUT2D eigenvalue weighted by molar-refractivity contribution is 5.84. The Kier molecular flexibility index (Phi) is 12.2. The molecule has 7 nitrogen and oxygen atoms in total. The second-order valence-corrected chi connectivity index (χ2v) is 11.9. The third kappa shape index (κ3) is 10.2. The third-order valence-electron chi connectivity index (χ3n) is 8.43. The molecule has 3 aromatic carbocycles. The number of benzene rings is 3. The maximum atomic E-state index is 13.1. The molecule has 7 heteroatoms. The van der Waals surface area contributed by atoms with E-state index >= 15 is 0 Å². The van der Waals surface area contributed by atoms with E-state index in [1.807, 2.05) is 30.3 Å². The second kappa shape index (κ2) is 16.9. The van der Waals surface area contributed by atoms with Gasteiger partial charge < -0.3 is 15.2 Å². The number of pyridine rings is 1.